The first kappa shape index (κ1) is 16.1. The topological polar surface area (TPSA) is 55.6 Å². The first-order chi connectivity index (χ1) is 9.95. The van der Waals surface area contributed by atoms with Gasteiger partial charge >= 0.3 is 0 Å². The van der Waals surface area contributed by atoms with E-state index in [9.17, 15) is 4.79 Å². The molecule has 1 amide bonds. The summed E-state index contributed by atoms with van der Waals surface area (Å²) in [5.74, 6) is 1.19. The van der Waals surface area contributed by atoms with Crippen molar-refractivity contribution in [2.45, 2.75) is 38.8 Å². The molecule has 2 atom stereocenters. The van der Waals surface area contributed by atoms with E-state index in [-0.39, 0.29) is 18.0 Å². The first-order valence-corrected chi connectivity index (χ1v) is 7.71. The number of rotatable bonds is 4. The largest absolute Gasteiger partial charge is 0.496 e. The smallest absolute Gasteiger partial charge is 0.223 e. The van der Waals surface area contributed by atoms with E-state index in [1.165, 1.54) is 0 Å². The Morgan fingerprint density at radius 1 is 1.48 bits per heavy atom. The van der Waals surface area contributed by atoms with Crippen LogP contribution in [0.4, 0.5) is 0 Å². The van der Waals surface area contributed by atoms with Crippen LogP contribution in [-0.2, 0) is 4.79 Å². The van der Waals surface area contributed by atoms with Crippen LogP contribution in [0.15, 0.2) is 18.2 Å². The van der Waals surface area contributed by atoms with Crippen LogP contribution in [0.25, 0.3) is 0 Å². The van der Waals surface area contributed by atoms with Crippen molar-refractivity contribution in [2.75, 3.05) is 13.7 Å². The number of methoxy groups -OCH3 is 1. The van der Waals surface area contributed by atoms with E-state index < -0.39 is 0 Å². The summed E-state index contributed by atoms with van der Waals surface area (Å²) in [7, 11) is 1.61. The summed E-state index contributed by atoms with van der Waals surface area (Å²) < 4.78 is 5.44. The fraction of sp³-hybridized carbons (Fsp3) is 0.562. The molecule has 0 aromatic heterocycles. The van der Waals surface area contributed by atoms with E-state index in [0.29, 0.717) is 36.1 Å². The second kappa shape index (κ2) is 6.67. The Morgan fingerprint density at radius 2 is 2.19 bits per heavy atom. The number of nitrogens with two attached hydrogens (primary N) is 1. The summed E-state index contributed by atoms with van der Waals surface area (Å²) in [4.78, 5) is 14.2. The number of amides is 1. The molecule has 116 valence electrons. The van der Waals surface area contributed by atoms with Gasteiger partial charge in [0.15, 0.2) is 0 Å². The van der Waals surface area contributed by atoms with Crippen molar-refractivity contribution in [3.63, 3.8) is 0 Å². The zero-order valence-corrected chi connectivity index (χ0v) is 13.6. The lowest BCUT2D eigenvalue weighted by Gasteiger charge is -2.41. The SMILES string of the molecule is COc1cccc(Cl)c1C1C(N)CCC(=O)N1CC(C)C. The molecular formula is C16H23ClN2O2. The Kier molecular flexibility index (Phi) is 5.12. The van der Waals surface area contributed by atoms with E-state index in [2.05, 4.69) is 13.8 Å². The van der Waals surface area contributed by atoms with Crippen LogP contribution in [0.3, 0.4) is 0 Å². The highest BCUT2D eigenvalue weighted by Crippen LogP contribution is 2.40. The maximum Gasteiger partial charge on any atom is 0.223 e. The van der Waals surface area contributed by atoms with Crippen LogP contribution in [0.5, 0.6) is 5.75 Å². The molecule has 0 saturated carbocycles. The van der Waals surface area contributed by atoms with Crippen LogP contribution in [0.2, 0.25) is 5.02 Å². The Balaban J connectivity index is 2.48. The van der Waals surface area contributed by atoms with Gasteiger partial charge in [0.25, 0.3) is 0 Å². The Morgan fingerprint density at radius 3 is 2.81 bits per heavy atom. The van der Waals surface area contributed by atoms with Gasteiger partial charge in [0.1, 0.15) is 5.75 Å². The number of halogens is 1. The molecule has 2 N–H and O–H groups in total. The van der Waals surface area contributed by atoms with Crippen molar-refractivity contribution >= 4 is 17.5 Å². The van der Waals surface area contributed by atoms with Crippen LogP contribution in [0.1, 0.15) is 38.3 Å². The second-order valence-corrected chi connectivity index (χ2v) is 6.35. The van der Waals surface area contributed by atoms with E-state index in [1.807, 2.05) is 23.1 Å². The van der Waals surface area contributed by atoms with Gasteiger partial charge in [0.05, 0.1) is 13.2 Å². The molecule has 1 saturated heterocycles. The molecule has 0 radical (unpaired) electrons. The first-order valence-electron chi connectivity index (χ1n) is 7.33. The molecule has 2 rings (SSSR count). The van der Waals surface area contributed by atoms with Gasteiger partial charge in [-0.3, -0.25) is 4.79 Å². The monoisotopic (exact) mass is 310 g/mol. The summed E-state index contributed by atoms with van der Waals surface area (Å²) in [5, 5.41) is 0.596. The van der Waals surface area contributed by atoms with E-state index >= 15 is 0 Å². The van der Waals surface area contributed by atoms with E-state index in [4.69, 9.17) is 22.1 Å². The Bertz CT molecular complexity index is 519. The minimum absolute atomic E-state index is 0.129. The molecule has 1 aromatic rings. The number of ether oxygens (including phenoxy) is 1. The van der Waals surface area contributed by atoms with Crippen LogP contribution < -0.4 is 10.5 Å². The van der Waals surface area contributed by atoms with Gasteiger partial charge in [0.2, 0.25) is 5.91 Å². The van der Waals surface area contributed by atoms with Gasteiger partial charge in [-0.15, -0.1) is 0 Å². The third-order valence-electron chi connectivity index (χ3n) is 3.84. The van der Waals surface area contributed by atoms with E-state index in [1.54, 1.807) is 7.11 Å². The number of carbonyl (C=O) groups is 1. The molecule has 2 unspecified atom stereocenters. The van der Waals surface area contributed by atoms with Crippen molar-refractivity contribution in [3.8, 4) is 5.75 Å². The lowest BCUT2D eigenvalue weighted by Crippen LogP contribution is -2.50. The molecule has 1 aliphatic rings. The van der Waals surface area contributed by atoms with Crippen LogP contribution in [-0.4, -0.2) is 30.5 Å². The molecule has 1 aliphatic heterocycles. The molecule has 1 aromatic carbocycles. The minimum Gasteiger partial charge on any atom is -0.496 e. The third-order valence-corrected chi connectivity index (χ3v) is 4.17. The summed E-state index contributed by atoms with van der Waals surface area (Å²) >= 11 is 6.38. The van der Waals surface area contributed by atoms with Crippen molar-refractivity contribution in [3.05, 3.63) is 28.8 Å². The molecule has 1 fully saturated rings. The standard InChI is InChI=1S/C16H23ClN2O2/c1-10(2)9-19-14(20)8-7-12(18)16(19)15-11(17)5-4-6-13(15)21-3/h4-6,10,12,16H,7-9,18H2,1-3H3. The van der Waals surface area contributed by atoms with Gasteiger partial charge in [-0.2, -0.15) is 0 Å². The predicted molar refractivity (Wildman–Crippen MR) is 84.5 cm³/mol. The number of piperidine rings is 1. The summed E-state index contributed by atoms with van der Waals surface area (Å²) in [5.41, 5.74) is 7.15. The van der Waals surface area contributed by atoms with Crippen molar-refractivity contribution < 1.29 is 9.53 Å². The minimum atomic E-state index is -0.225. The Hall–Kier alpha value is -1.26. The van der Waals surface area contributed by atoms with Crippen LogP contribution >= 0.6 is 11.6 Å². The second-order valence-electron chi connectivity index (χ2n) is 5.94. The molecule has 5 heteroatoms. The average molecular weight is 311 g/mol. The molecule has 21 heavy (non-hydrogen) atoms. The normalized spacial score (nSPS) is 22.8. The fourth-order valence-corrected chi connectivity index (χ4v) is 3.22. The highest BCUT2D eigenvalue weighted by molar-refractivity contribution is 6.31. The van der Waals surface area contributed by atoms with Crippen molar-refractivity contribution in [2.24, 2.45) is 11.7 Å². The third kappa shape index (κ3) is 3.33. The number of hydrogen-bond acceptors (Lipinski definition) is 3. The fourth-order valence-electron chi connectivity index (χ4n) is 2.94. The molecule has 0 spiro atoms. The number of likely N-dealkylation sites (tertiary alicyclic amines) is 1. The van der Waals surface area contributed by atoms with Gasteiger partial charge < -0.3 is 15.4 Å². The summed E-state index contributed by atoms with van der Waals surface area (Å²) in [6.07, 6.45) is 1.17. The number of nitrogens with zero attached hydrogens (tertiary/aromatic N) is 1. The zero-order chi connectivity index (χ0) is 15.6. The number of benzene rings is 1. The quantitative estimate of drug-likeness (QED) is 0.930. The lowest BCUT2D eigenvalue weighted by atomic mass is 9.89. The van der Waals surface area contributed by atoms with Crippen molar-refractivity contribution in [1.29, 1.82) is 0 Å². The molecular weight excluding hydrogens is 288 g/mol. The highest BCUT2D eigenvalue weighted by atomic mass is 35.5. The lowest BCUT2D eigenvalue weighted by molar-refractivity contribution is -0.138. The van der Waals surface area contributed by atoms with Gasteiger partial charge in [-0.05, 0) is 24.5 Å². The molecule has 1 heterocycles. The maximum absolute atomic E-state index is 12.4. The molecule has 0 bridgehead atoms. The van der Waals surface area contributed by atoms with Gasteiger partial charge in [-0.1, -0.05) is 31.5 Å². The van der Waals surface area contributed by atoms with Crippen LogP contribution in [0, 0.1) is 5.92 Å². The zero-order valence-electron chi connectivity index (χ0n) is 12.8. The molecule has 4 nitrogen and oxygen atoms in total. The summed E-state index contributed by atoms with van der Waals surface area (Å²) in [6.45, 7) is 4.86. The number of carbonyl (C=O) groups excluding carboxylic acids is 1. The van der Waals surface area contributed by atoms with Gasteiger partial charge in [-0.25, -0.2) is 0 Å². The Labute approximate surface area is 131 Å². The predicted octanol–water partition coefficient (Wildman–Crippen LogP) is 3.00. The highest BCUT2D eigenvalue weighted by Gasteiger charge is 2.37. The van der Waals surface area contributed by atoms with Crippen molar-refractivity contribution in [1.82, 2.24) is 4.90 Å². The van der Waals surface area contributed by atoms with E-state index in [0.717, 1.165) is 5.56 Å². The number of hydrogen-bond donors (Lipinski definition) is 1. The summed E-state index contributed by atoms with van der Waals surface area (Å²) in [6, 6.07) is 5.17. The average Bonchev–Trinajstić information content (AvgIpc) is 2.43. The maximum atomic E-state index is 12.4. The van der Waals surface area contributed by atoms with Gasteiger partial charge in [0, 0.05) is 29.6 Å². The molecule has 0 aliphatic carbocycles.